The summed E-state index contributed by atoms with van der Waals surface area (Å²) in [4.78, 5) is 2.30. The van der Waals surface area contributed by atoms with E-state index in [0.717, 1.165) is 33.6 Å². The smallest absolute Gasteiger partial charge is 0.137 e. The Kier molecular flexibility index (Phi) is 5.78. The molecule has 0 unspecified atom stereocenters. The fraction of sp³-hybridized carbons (Fsp3) is 0. The highest BCUT2D eigenvalue weighted by Gasteiger charge is 2.18. The maximum Gasteiger partial charge on any atom is 0.137 e. The van der Waals surface area contributed by atoms with E-state index < -0.39 is 0 Å². The molecule has 47 heavy (non-hydrogen) atoms. The number of hydrogen-bond donors (Lipinski definition) is 0. The van der Waals surface area contributed by atoms with E-state index in [2.05, 4.69) is 169 Å². The van der Waals surface area contributed by atoms with Gasteiger partial charge in [-0.3, -0.25) is 0 Å². The van der Waals surface area contributed by atoms with Crippen molar-refractivity contribution in [3.05, 3.63) is 164 Å². The van der Waals surface area contributed by atoms with Crippen LogP contribution in [0.5, 0.6) is 0 Å². The molecule has 0 aliphatic rings. The highest BCUT2D eigenvalue weighted by Crippen LogP contribution is 2.45. The molecule has 0 spiro atoms. The number of fused-ring (bicyclic) bond motifs is 9. The molecule has 0 saturated carbocycles. The van der Waals surface area contributed by atoms with E-state index in [9.17, 15) is 0 Å². The van der Waals surface area contributed by atoms with Gasteiger partial charge in [0.2, 0.25) is 0 Å². The second-order valence-corrected chi connectivity index (χ2v) is 13.2. The van der Waals surface area contributed by atoms with Crippen LogP contribution in [0.3, 0.4) is 0 Å². The van der Waals surface area contributed by atoms with Gasteiger partial charge in [-0.2, -0.15) is 0 Å². The van der Waals surface area contributed by atoms with Crippen molar-refractivity contribution in [3.8, 4) is 11.1 Å². The van der Waals surface area contributed by atoms with Crippen LogP contribution in [0.4, 0.5) is 17.1 Å². The van der Waals surface area contributed by atoms with Crippen molar-refractivity contribution in [1.29, 1.82) is 0 Å². The van der Waals surface area contributed by atoms with Crippen molar-refractivity contribution in [3.63, 3.8) is 0 Å². The zero-order valence-electron chi connectivity index (χ0n) is 25.4. The average Bonchev–Trinajstić information content (AvgIpc) is 3.68. The van der Waals surface area contributed by atoms with Crippen LogP contribution in [-0.4, -0.2) is 0 Å². The van der Waals surface area contributed by atoms with E-state index in [1.807, 2.05) is 11.3 Å². The first kappa shape index (κ1) is 26.3. The van der Waals surface area contributed by atoms with Crippen LogP contribution in [-0.2, 0) is 0 Å². The summed E-state index contributed by atoms with van der Waals surface area (Å²) < 4.78 is 9.17. The number of furan rings is 1. The number of anilines is 3. The number of nitrogens with zero attached hydrogens (tertiary/aromatic N) is 1. The molecule has 3 heteroatoms. The van der Waals surface area contributed by atoms with Gasteiger partial charge in [-0.15, -0.1) is 11.3 Å². The lowest BCUT2D eigenvalue weighted by molar-refractivity contribution is 0.669. The van der Waals surface area contributed by atoms with Gasteiger partial charge in [-0.1, -0.05) is 91.0 Å². The summed E-state index contributed by atoms with van der Waals surface area (Å²) in [6.07, 6.45) is 0. The van der Waals surface area contributed by atoms with E-state index >= 15 is 0 Å². The second-order valence-electron chi connectivity index (χ2n) is 12.2. The number of benzene rings is 8. The summed E-state index contributed by atoms with van der Waals surface area (Å²) in [6, 6.07) is 58.9. The Bertz CT molecular complexity index is 2790. The highest BCUT2D eigenvalue weighted by molar-refractivity contribution is 7.26. The summed E-state index contributed by atoms with van der Waals surface area (Å²) in [5.41, 5.74) is 7.47. The number of rotatable bonds is 4. The lowest BCUT2D eigenvalue weighted by Gasteiger charge is -2.25. The Labute approximate surface area is 275 Å². The summed E-state index contributed by atoms with van der Waals surface area (Å²) in [5.74, 6) is 0. The molecule has 0 aliphatic heterocycles. The Morgan fingerprint density at radius 1 is 0.404 bits per heavy atom. The lowest BCUT2D eigenvalue weighted by Crippen LogP contribution is -2.09. The van der Waals surface area contributed by atoms with Crippen molar-refractivity contribution in [2.45, 2.75) is 0 Å². The zero-order valence-corrected chi connectivity index (χ0v) is 26.2. The third-order valence-electron chi connectivity index (χ3n) is 9.40. The molecule has 0 amide bonds. The topological polar surface area (TPSA) is 16.4 Å². The maximum absolute atomic E-state index is 6.59. The average molecular weight is 618 g/mol. The highest BCUT2D eigenvalue weighted by atomic mass is 32.1. The van der Waals surface area contributed by atoms with Gasteiger partial charge in [-0.05, 0) is 99.4 Å². The maximum atomic E-state index is 6.59. The Morgan fingerprint density at radius 3 is 1.85 bits per heavy atom. The molecule has 10 aromatic rings. The fourth-order valence-corrected chi connectivity index (χ4v) is 8.39. The molecule has 10 rings (SSSR count). The summed E-state index contributed by atoms with van der Waals surface area (Å²) in [6.45, 7) is 0. The Morgan fingerprint density at radius 2 is 1.04 bits per heavy atom. The number of thiophene rings is 1. The predicted molar refractivity (Wildman–Crippen MR) is 202 cm³/mol. The molecule has 2 heterocycles. The first-order chi connectivity index (χ1) is 23.3. The second kappa shape index (κ2) is 10.3. The van der Waals surface area contributed by atoms with Gasteiger partial charge in [-0.25, -0.2) is 0 Å². The Balaban J connectivity index is 1.10. The Hall–Kier alpha value is -5.90. The van der Waals surface area contributed by atoms with Crippen LogP contribution >= 0.6 is 11.3 Å². The van der Waals surface area contributed by atoms with Crippen LogP contribution in [0, 0.1) is 0 Å². The molecule has 0 N–H and O–H groups in total. The van der Waals surface area contributed by atoms with E-state index in [0.29, 0.717) is 0 Å². The molecule has 0 aliphatic carbocycles. The number of para-hydroxylation sites is 1. The van der Waals surface area contributed by atoms with Crippen LogP contribution in [0.1, 0.15) is 0 Å². The number of hydrogen-bond acceptors (Lipinski definition) is 3. The SMILES string of the molecule is c1ccc(N(c2ccc(-c3ccc4ccccc4c3)cc2)c2ccc3c(c2)oc2ccc4c5cc6ccccc6cc5sc4c23)cc1. The van der Waals surface area contributed by atoms with Crippen molar-refractivity contribution < 1.29 is 4.42 Å². The minimum atomic E-state index is 0.890. The molecule has 0 saturated heterocycles. The fourth-order valence-electron chi connectivity index (χ4n) is 7.10. The molecule has 0 radical (unpaired) electrons. The molecule has 220 valence electrons. The van der Waals surface area contributed by atoms with Gasteiger partial charge in [0.25, 0.3) is 0 Å². The van der Waals surface area contributed by atoms with Crippen molar-refractivity contribution in [1.82, 2.24) is 0 Å². The van der Waals surface area contributed by atoms with Crippen molar-refractivity contribution in [2.24, 2.45) is 0 Å². The van der Waals surface area contributed by atoms with Gasteiger partial charge >= 0.3 is 0 Å². The van der Waals surface area contributed by atoms with Crippen LogP contribution < -0.4 is 4.90 Å². The molecule has 2 nitrogen and oxygen atoms in total. The molecule has 2 aromatic heterocycles. The van der Waals surface area contributed by atoms with Crippen LogP contribution in [0.25, 0.3) is 74.8 Å². The third-order valence-corrected chi connectivity index (χ3v) is 10.6. The van der Waals surface area contributed by atoms with Gasteiger partial charge in [0.05, 0.1) is 0 Å². The third kappa shape index (κ3) is 4.25. The quantitative estimate of drug-likeness (QED) is 0.195. The predicted octanol–water partition coefficient (Wildman–Crippen LogP) is 13.4. The molecular weight excluding hydrogens is 591 g/mol. The van der Waals surface area contributed by atoms with Crippen LogP contribution in [0.2, 0.25) is 0 Å². The molecule has 0 fully saturated rings. The van der Waals surface area contributed by atoms with E-state index in [-0.39, 0.29) is 0 Å². The van der Waals surface area contributed by atoms with Gasteiger partial charge < -0.3 is 9.32 Å². The van der Waals surface area contributed by atoms with Gasteiger partial charge in [0, 0.05) is 54.1 Å². The monoisotopic (exact) mass is 617 g/mol. The summed E-state index contributed by atoms with van der Waals surface area (Å²) in [7, 11) is 0. The first-order valence-electron chi connectivity index (χ1n) is 15.9. The molecular formula is C44H27NOS. The van der Waals surface area contributed by atoms with Crippen LogP contribution in [0.15, 0.2) is 168 Å². The molecule has 0 bridgehead atoms. The molecule has 0 atom stereocenters. The van der Waals surface area contributed by atoms with Crippen molar-refractivity contribution >= 4 is 92.1 Å². The standard InChI is InChI=1S/C44H27NOS/c1-2-12-34(13-3-1)45(35-18-16-29(17-19-35)33-15-14-28-8-4-5-9-30(28)24-33)36-20-21-38-41(27-36)46-40-23-22-37-39-25-31-10-6-7-11-32(31)26-42(39)47-44(37)43(38)40/h1-27H. The largest absolute Gasteiger partial charge is 0.456 e. The van der Waals surface area contributed by atoms with Gasteiger partial charge in [0.15, 0.2) is 0 Å². The van der Waals surface area contributed by atoms with E-state index in [4.69, 9.17) is 4.42 Å². The zero-order chi connectivity index (χ0) is 30.9. The first-order valence-corrected chi connectivity index (χ1v) is 16.7. The minimum Gasteiger partial charge on any atom is -0.456 e. The normalized spacial score (nSPS) is 11.8. The van der Waals surface area contributed by atoms with Crippen molar-refractivity contribution in [2.75, 3.05) is 4.90 Å². The lowest BCUT2D eigenvalue weighted by atomic mass is 10.0. The summed E-state index contributed by atoms with van der Waals surface area (Å²) >= 11 is 1.86. The molecule has 8 aromatic carbocycles. The van der Waals surface area contributed by atoms with Gasteiger partial charge in [0.1, 0.15) is 11.2 Å². The minimum absolute atomic E-state index is 0.890. The summed E-state index contributed by atoms with van der Waals surface area (Å²) in [5, 5.41) is 9.98. The van der Waals surface area contributed by atoms with E-state index in [1.165, 1.54) is 58.2 Å². The van der Waals surface area contributed by atoms with E-state index in [1.54, 1.807) is 0 Å².